The fourth-order valence-electron chi connectivity index (χ4n) is 2.12. The van der Waals surface area contributed by atoms with E-state index >= 15 is 0 Å². The molecular formula is C14H26N2O3S. The van der Waals surface area contributed by atoms with Gasteiger partial charge in [-0.15, -0.1) is 0 Å². The van der Waals surface area contributed by atoms with Gasteiger partial charge in [0.25, 0.3) is 0 Å². The zero-order chi connectivity index (χ0) is 15.1. The molecule has 20 heavy (non-hydrogen) atoms. The van der Waals surface area contributed by atoms with Crippen LogP contribution in [-0.2, 0) is 14.3 Å². The maximum absolute atomic E-state index is 12.0. The fraction of sp³-hybridized carbons (Fsp3) is 0.857. The van der Waals surface area contributed by atoms with E-state index in [1.807, 2.05) is 25.6 Å². The number of carbonyl (C=O) groups is 2. The van der Waals surface area contributed by atoms with Crippen molar-refractivity contribution in [3.63, 3.8) is 0 Å². The first-order valence-electron chi connectivity index (χ1n) is 7.29. The van der Waals surface area contributed by atoms with E-state index in [4.69, 9.17) is 10.5 Å². The van der Waals surface area contributed by atoms with Crippen LogP contribution >= 0.6 is 11.8 Å². The molecule has 0 aromatic carbocycles. The van der Waals surface area contributed by atoms with Gasteiger partial charge in [-0.1, -0.05) is 13.8 Å². The standard InChI is InChI=1S/C14H26N2O3S/c1-4-19-14(18)11(8-10-6-5-7-20-10)16-13(17)12(15)9(2)3/h9-12H,4-8,15H2,1-3H3,(H,16,17)/t10-,11-,12-/m0/s1. The van der Waals surface area contributed by atoms with Crippen LogP contribution in [0, 0.1) is 5.92 Å². The van der Waals surface area contributed by atoms with Crippen molar-refractivity contribution in [2.75, 3.05) is 12.4 Å². The zero-order valence-corrected chi connectivity index (χ0v) is 13.4. The van der Waals surface area contributed by atoms with Gasteiger partial charge in [0.15, 0.2) is 0 Å². The number of ether oxygens (including phenoxy) is 1. The lowest BCUT2D eigenvalue weighted by Crippen LogP contribution is -2.51. The molecule has 1 amide bonds. The van der Waals surface area contributed by atoms with Gasteiger partial charge in [-0.2, -0.15) is 11.8 Å². The maximum atomic E-state index is 12.0. The summed E-state index contributed by atoms with van der Waals surface area (Å²) < 4.78 is 5.05. The smallest absolute Gasteiger partial charge is 0.328 e. The minimum absolute atomic E-state index is 0.0405. The second-order valence-corrected chi connectivity index (χ2v) is 6.86. The third kappa shape index (κ3) is 5.32. The van der Waals surface area contributed by atoms with Crippen LogP contribution in [0.25, 0.3) is 0 Å². The maximum Gasteiger partial charge on any atom is 0.328 e. The summed E-state index contributed by atoms with van der Waals surface area (Å²) in [5, 5.41) is 3.17. The van der Waals surface area contributed by atoms with Crippen LogP contribution in [0.1, 0.15) is 40.0 Å². The second-order valence-electron chi connectivity index (χ2n) is 5.45. The summed E-state index contributed by atoms with van der Waals surface area (Å²) in [5.74, 6) is 0.531. The third-order valence-corrected chi connectivity index (χ3v) is 4.86. The molecule has 1 fully saturated rings. The van der Waals surface area contributed by atoms with E-state index < -0.39 is 12.1 Å². The van der Waals surface area contributed by atoms with Crippen LogP contribution in [0.3, 0.4) is 0 Å². The fourth-order valence-corrected chi connectivity index (χ4v) is 3.45. The Labute approximate surface area is 125 Å². The van der Waals surface area contributed by atoms with Gasteiger partial charge in [-0.3, -0.25) is 4.79 Å². The third-order valence-electron chi connectivity index (χ3n) is 3.43. The molecule has 0 aromatic heterocycles. The summed E-state index contributed by atoms with van der Waals surface area (Å²) in [4.78, 5) is 24.0. The van der Waals surface area contributed by atoms with Gasteiger partial charge >= 0.3 is 5.97 Å². The van der Waals surface area contributed by atoms with E-state index in [0.29, 0.717) is 18.3 Å². The van der Waals surface area contributed by atoms with E-state index in [1.165, 1.54) is 6.42 Å². The summed E-state index contributed by atoms with van der Waals surface area (Å²) in [6, 6.07) is -1.17. The van der Waals surface area contributed by atoms with Gasteiger partial charge in [0.05, 0.1) is 12.6 Å². The molecule has 0 unspecified atom stereocenters. The van der Waals surface area contributed by atoms with Gasteiger partial charge in [-0.05, 0) is 37.9 Å². The normalized spacial score (nSPS) is 21.6. The summed E-state index contributed by atoms with van der Waals surface area (Å²) >= 11 is 1.86. The molecule has 116 valence electrons. The lowest BCUT2D eigenvalue weighted by Gasteiger charge is -2.23. The number of esters is 1. The van der Waals surface area contributed by atoms with Crippen LogP contribution < -0.4 is 11.1 Å². The van der Waals surface area contributed by atoms with Gasteiger partial charge in [0, 0.05) is 5.25 Å². The quantitative estimate of drug-likeness (QED) is 0.693. The first-order chi connectivity index (χ1) is 9.45. The van der Waals surface area contributed by atoms with Crippen LogP contribution in [0.5, 0.6) is 0 Å². The molecule has 0 bridgehead atoms. The van der Waals surface area contributed by atoms with E-state index in [2.05, 4.69) is 5.32 Å². The monoisotopic (exact) mass is 302 g/mol. The van der Waals surface area contributed by atoms with Gasteiger partial charge in [-0.25, -0.2) is 4.79 Å². The topological polar surface area (TPSA) is 81.4 Å². The van der Waals surface area contributed by atoms with Gasteiger partial charge < -0.3 is 15.8 Å². The first kappa shape index (κ1) is 17.3. The summed E-state index contributed by atoms with van der Waals surface area (Å²) in [6.07, 6.45) is 2.89. The lowest BCUT2D eigenvalue weighted by molar-refractivity contribution is -0.147. The van der Waals surface area contributed by atoms with Crippen LogP contribution in [0.4, 0.5) is 0 Å². The molecule has 3 atom stereocenters. The highest BCUT2D eigenvalue weighted by Gasteiger charge is 2.29. The minimum Gasteiger partial charge on any atom is -0.464 e. The molecule has 0 aromatic rings. The predicted molar refractivity (Wildman–Crippen MR) is 81.5 cm³/mol. The van der Waals surface area contributed by atoms with Crippen LogP contribution in [0.2, 0.25) is 0 Å². The highest BCUT2D eigenvalue weighted by molar-refractivity contribution is 8.00. The zero-order valence-electron chi connectivity index (χ0n) is 12.6. The largest absolute Gasteiger partial charge is 0.464 e. The van der Waals surface area contributed by atoms with Gasteiger partial charge in [0.1, 0.15) is 6.04 Å². The molecule has 0 aliphatic carbocycles. The number of nitrogens with two attached hydrogens (primary N) is 1. The predicted octanol–water partition coefficient (Wildman–Crippen LogP) is 1.30. The molecule has 1 rings (SSSR count). The Morgan fingerprint density at radius 1 is 1.45 bits per heavy atom. The molecule has 5 nitrogen and oxygen atoms in total. The highest BCUT2D eigenvalue weighted by Crippen LogP contribution is 2.29. The molecule has 0 radical (unpaired) electrons. The Bertz CT molecular complexity index is 330. The molecule has 0 spiro atoms. The van der Waals surface area contributed by atoms with Crippen molar-refractivity contribution in [3.05, 3.63) is 0 Å². The lowest BCUT2D eigenvalue weighted by atomic mass is 10.0. The number of carbonyl (C=O) groups excluding carboxylic acids is 2. The van der Waals surface area contributed by atoms with Crippen molar-refractivity contribution in [1.29, 1.82) is 0 Å². The number of nitrogens with one attached hydrogen (secondary N) is 1. The van der Waals surface area contributed by atoms with Crippen molar-refractivity contribution in [1.82, 2.24) is 5.32 Å². The van der Waals surface area contributed by atoms with E-state index in [9.17, 15) is 9.59 Å². The Balaban J connectivity index is 2.61. The number of hydrogen-bond acceptors (Lipinski definition) is 5. The van der Waals surface area contributed by atoms with Crippen molar-refractivity contribution >= 4 is 23.6 Å². The molecule has 1 aliphatic rings. The number of thioether (sulfide) groups is 1. The molecular weight excluding hydrogens is 276 g/mol. The summed E-state index contributed by atoms with van der Waals surface area (Å²) in [5.41, 5.74) is 5.82. The minimum atomic E-state index is -0.594. The first-order valence-corrected chi connectivity index (χ1v) is 8.34. The van der Waals surface area contributed by atoms with Gasteiger partial charge in [0.2, 0.25) is 5.91 Å². The van der Waals surface area contributed by atoms with Crippen molar-refractivity contribution in [2.45, 2.75) is 57.4 Å². The summed E-state index contributed by atoms with van der Waals surface area (Å²) in [6.45, 7) is 5.85. The van der Waals surface area contributed by atoms with Crippen molar-refractivity contribution < 1.29 is 14.3 Å². The van der Waals surface area contributed by atoms with Crippen LogP contribution in [0.15, 0.2) is 0 Å². The Morgan fingerprint density at radius 3 is 2.65 bits per heavy atom. The highest BCUT2D eigenvalue weighted by atomic mass is 32.2. The molecule has 6 heteroatoms. The molecule has 1 aliphatic heterocycles. The average molecular weight is 302 g/mol. The Kier molecular flexibility index (Phi) is 7.37. The number of hydrogen-bond donors (Lipinski definition) is 2. The Morgan fingerprint density at radius 2 is 2.15 bits per heavy atom. The molecule has 1 heterocycles. The van der Waals surface area contributed by atoms with E-state index in [-0.39, 0.29) is 17.8 Å². The van der Waals surface area contributed by atoms with Crippen molar-refractivity contribution in [3.8, 4) is 0 Å². The second kappa shape index (κ2) is 8.52. The number of amides is 1. The van der Waals surface area contributed by atoms with Crippen LogP contribution in [-0.4, -0.2) is 41.6 Å². The number of rotatable bonds is 7. The van der Waals surface area contributed by atoms with Crippen molar-refractivity contribution in [2.24, 2.45) is 11.7 Å². The average Bonchev–Trinajstić information content (AvgIpc) is 2.90. The molecule has 3 N–H and O–H groups in total. The SMILES string of the molecule is CCOC(=O)[C@H](C[C@@H]1CCCS1)NC(=O)[C@@H](N)C(C)C. The molecule has 0 saturated carbocycles. The Hall–Kier alpha value is -0.750. The van der Waals surface area contributed by atoms with E-state index in [0.717, 1.165) is 12.2 Å². The summed E-state index contributed by atoms with van der Waals surface area (Å²) in [7, 11) is 0. The molecule has 1 saturated heterocycles. The van der Waals surface area contributed by atoms with E-state index in [1.54, 1.807) is 6.92 Å².